The molecule has 0 aromatic heterocycles. The van der Waals surface area contributed by atoms with Crippen molar-refractivity contribution in [3.63, 3.8) is 0 Å². The summed E-state index contributed by atoms with van der Waals surface area (Å²) < 4.78 is 0. The summed E-state index contributed by atoms with van der Waals surface area (Å²) in [6.45, 7) is 11.5. The minimum Gasteiger partial charge on any atom is -0.317 e. The van der Waals surface area contributed by atoms with Crippen LogP contribution in [0.15, 0.2) is 0 Å². The van der Waals surface area contributed by atoms with E-state index in [4.69, 9.17) is 0 Å². The second-order valence-electron chi connectivity index (χ2n) is 5.05. The highest BCUT2D eigenvalue weighted by molar-refractivity contribution is 4.57. The summed E-state index contributed by atoms with van der Waals surface area (Å²) in [7, 11) is 0. The van der Waals surface area contributed by atoms with Gasteiger partial charge in [-0.3, -0.25) is 0 Å². The van der Waals surface area contributed by atoms with E-state index >= 15 is 0 Å². The summed E-state index contributed by atoms with van der Waals surface area (Å²) in [6, 6.07) is 0. The van der Waals surface area contributed by atoms with Crippen LogP contribution in [-0.2, 0) is 0 Å². The van der Waals surface area contributed by atoms with Gasteiger partial charge in [-0.2, -0.15) is 0 Å². The molecule has 0 amide bonds. The number of hydrogen-bond donors (Lipinski definition) is 1. The van der Waals surface area contributed by atoms with Crippen molar-refractivity contribution < 1.29 is 0 Å². The van der Waals surface area contributed by atoms with Crippen LogP contribution in [0.2, 0.25) is 0 Å². The van der Waals surface area contributed by atoms with Gasteiger partial charge in [-0.05, 0) is 31.3 Å². The second kappa shape index (κ2) is 10.5. The summed E-state index contributed by atoms with van der Waals surface area (Å²) >= 11 is 0. The predicted octanol–water partition coefficient (Wildman–Crippen LogP) is 4.23. The largest absolute Gasteiger partial charge is 0.317 e. The van der Waals surface area contributed by atoms with E-state index in [0.717, 1.165) is 18.4 Å². The van der Waals surface area contributed by atoms with Gasteiger partial charge in [0.05, 0.1) is 0 Å². The molecule has 0 rings (SSSR count). The first kappa shape index (κ1) is 15.0. The Balaban J connectivity index is 3.19. The van der Waals surface area contributed by atoms with Crippen LogP contribution in [0.5, 0.6) is 0 Å². The van der Waals surface area contributed by atoms with E-state index in [0.29, 0.717) is 0 Å². The quantitative estimate of drug-likeness (QED) is 0.536. The fourth-order valence-electron chi connectivity index (χ4n) is 1.86. The van der Waals surface area contributed by atoms with Crippen molar-refractivity contribution >= 4 is 0 Å². The topological polar surface area (TPSA) is 12.0 Å². The maximum absolute atomic E-state index is 3.40. The summed E-state index contributed by atoms with van der Waals surface area (Å²) in [4.78, 5) is 0. The third-order valence-corrected chi connectivity index (χ3v) is 3.40. The zero-order valence-electron chi connectivity index (χ0n) is 11.3. The smallest absolute Gasteiger partial charge is 0.00465 e. The van der Waals surface area contributed by atoms with Gasteiger partial charge in [-0.25, -0.2) is 0 Å². The van der Waals surface area contributed by atoms with Crippen LogP contribution in [-0.4, -0.2) is 13.1 Å². The lowest BCUT2D eigenvalue weighted by atomic mass is 9.96. The number of rotatable bonds is 10. The third kappa shape index (κ3) is 10.2. The highest BCUT2D eigenvalue weighted by Crippen LogP contribution is 2.16. The summed E-state index contributed by atoms with van der Waals surface area (Å²) in [5.74, 6) is 1.84. The van der Waals surface area contributed by atoms with Gasteiger partial charge in [0.15, 0.2) is 0 Å². The molecule has 92 valence electrons. The Kier molecular flexibility index (Phi) is 10.4. The normalized spacial score (nSPS) is 15.2. The molecular weight excluding hydrogens is 182 g/mol. The van der Waals surface area contributed by atoms with Gasteiger partial charge in [0, 0.05) is 0 Å². The Morgan fingerprint density at radius 3 is 2.00 bits per heavy atom. The Morgan fingerprint density at radius 2 is 1.47 bits per heavy atom. The molecule has 0 aromatic carbocycles. The Labute approximate surface area is 97.0 Å². The first-order chi connectivity index (χ1) is 7.20. The maximum atomic E-state index is 3.40. The average molecular weight is 213 g/mol. The van der Waals surface area contributed by atoms with E-state index in [1.54, 1.807) is 0 Å². The lowest BCUT2D eigenvalue weighted by molar-refractivity contribution is 0.421. The fraction of sp³-hybridized carbons (Fsp3) is 1.00. The van der Waals surface area contributed by atoms with Gasteiger partial charge < -0.3 is 5.32 Å². The van der Waals surface area contributed by atoms with Crippen LogP contribution < -0.4 is 5.32 Å². The Bertz CT molecular complexity index is 123. The average Bonchev–Trinajstić information content (AvgIpc) is 2.24. The van der Waals surface area contributed by atoms with Crippen LogP contribution >= 0.6 is 0 Å². The molecule has 1 nitrogen and oxygen atoms in total. The number of hydrogen-bond acceptors (Lipinski definition) is 1. The van der Waals surface area contributed by atoms with Crippen LogP contribution in [0.1, 0.15) is 66.2 Å². The van der Waals surface area contributed by atoms with Crippen molar-refractivity contribution in [2.45, 2.75) is 66.2 Å². The molecule has 0 saturated heterocycles. The summed E-state index contributed by atoms with van der Waals surface area (Å²) in [5, 5.41) is 3.40. The molecule has 0 fully saturated rings. The van der Waals surface area contributed by atoms with Crippen LogP contribution in [0.4, 0.5) is 0 Å². The van der Waals surface area contributed by atoms with E-state index in [2.05, 4.69) is 33.0 Å². The maximum Gasteiger partial charge on any atom is -0.00465 e. The molecule has 1 heteroatoms. The summed E-state index contributed by atoms with van der Waals surface area (Å²) in [5.41, 5.74) is 0. The highest BCUT2D eigenvalue weighted by Gasteiger charge is 2.02. The van der Waals surface area contributed by atoms with E-state index in [-0.39, 0.29) is 0 Å². The van der Waals surface area contributed by atoms with Crippen molar-refractivity contribution in [2.24, 2.45) is 11.8 Å². The van der Waals surface area contributed by atoms with Crippen molar-refractivity contribution in [3.8, 4) is 0 Å². The SMILES string of the molecule is CCNCCC(C)CCCCC(C)CC. The zero-order chi connectivity index (χ0) is 11.5. The number of unbranched alkanes of at least 4 members (excludes halogenated alkanes) is 1. The Hall–Kier alpha value is -0.0400. The molecular formula is C14H31N. The van der Waals surface area contributed by atoms with Crippen molar-refractivity contribution in [1.29, 1.82) is 0 Å². The molecule has 0 spiro atoms. The van der Waals surface area contributed by atoms with Gasteiger partial charge in [0.1, 0.15) is 0 Å². The summed E-state index contributed by atoms with van der Waals surface area (Å²) in [6.07, 6.45) is 8.39. The monoisotopic (exact) mass is 213 g/mol. The first-order valence-corrected chi connectivity index (χ1v) is 6.91. The predicted molar refractivity (Wildman–Crippen MR) is 70.2 cm³/mol. The van der Waals surface area contributed by atoms with Gasteiger partial charge in [0.2, 0.25) is 0 Å². The molecule has 1 N–H and O–H groups in total. The molecule has 2 atom stereocenters. The molecule has 0 heterocycles. The van der Waals surface area contributed by atoms with Crippen LogP contribution in [0, 0.1) is 11.8 Å². The third-order valence-electron chi connectivity index (χ3n) is 3.40. The molecule has 0 radical (unpaired) electrons. The second-order valence-corrected chi connectivity index (χ2v) is 5.05. The Morgan fingerprint density at radius 1 is 0.867 bits per heavy atom. The van der Waals surface area contributed by atoms with Gasteiger partial charge in [-0.1, -0.05) is 59.8 Å². The lowest BCUT2D eigenvalue weighted by Gasteiger charge is -2.12. The van der Waals surface area contributed by atoms with E-state index in [1.807, 2.05) is 0 Å². The van der Waals surface area contributed by atoms with Crippen molar-refractivity contribution in [2.75, 3.05) is 13.1 Å². The van der Waals surface area contributed by atoms with Crippen molar-refractivity contribution in [1.82, 2.24) is 5.32 Å². The molecule has 2 unspecified atom stereocenters. The molecule has 0 aliphatic rings. The molecule has 0 aromatic rings. The van der Waals surface area contributed by atoms with E-state index in [9.17, 15) is 0 Å². The van der Waals surface area contributed by atoms with E-state index < -0.39 is 0 Å². The molecule has 15 heavy (non-hydrogen) atoms. The van der Waals surface area contributed by atoms with Crippen LogP contribution in [0.25, 0.3) is 0 Å². The van der Waals surface area contributed by atoms with E-state index in [1.165, 1.54) is 45.1 Å². The minimum atomic E-state index is 0.904. The fourth-order valence-corrected chi connectivity index (χ4v) is 1.86. The van der Waals surface area contributed by atoms with Gasteiger partial charge >= 0.3 is 0 Å². The minimum absolute atomic E-state index is 0.904. The molecule has 0 bridgehead atoms. The van der Waals surface area contributed by atoms with Crippen LogP contribution in [0.3, 0.4) is 0 Å². The highest BCUT2D eigenvalue weighted by atomic mass is 14.8. The van der Waals surface area contributed by atoms with Gasteiger partial charge in [0.25, 0.3) is 0 Å². The zero-order valence-corrected chi connectivity index (χ0v) is 11.3. The molecule has 0 aliphatic heterocycles. The number of nitrogens with one attached hydrogen (secondary N) is 1. The molecule has 0 saturated carbocycles. The lowest BCUT2D eigenvalue weighted by Crippen LogP contribution is -2.16. The molecule has 0 aliphatic carbocycles. The van der Waals surface area contributed by atoms with Gasteiger partial charge in [-0.15, -0.1) is 0 Å². The van der Waals surface area contributed by atoms with Crippen molar-refractivity contribution in [3.05, 3.63) is 0 Å². The standard InChI is InChI=1S/C14H31N/c1-5-13(3)9-7-8-10-14(4)11-12-15-6-2/h13-15H,5-12H2,1-4H3. The first-order valence-electron chi connectivity index (χ1n) is 6.91.